The number of amides is 1. The quantitative estimate of drug-likeness (QED) is 0.629. The summed E-state index contributed by atoms with van der Waals surface area (Å²) >= 11 is 8.97. The van der Waals surface area contributed by atoms with Gasteiger partial charge >= 0.3 is 0 Å². The minimum Gasteiger partial charge on any atom is -0.482 e. The van der Waals surface area contributed by atoms with E-state index in [1.54, 1.807) is 30.3 Å². The van der Waals surface area contributed by atoms with E-state index in [4.69, 9.17) is 16.3 Å². The highest BCUT2D eigenvalue weighted by atomic mass is 79.9. The van der Waals surface area contributed by atoms with E-state index in [0.29, 0.717) is 20.8 Å². The zero-order chi connectivity index (χ0) is 15.9. The standard InChI is InChI=1S/C15H11BrClFN2O2/c16-11-7-10(5-6-13(11)18)8-19-20-15(21)9-22-14-4-2-1-3-12(14)17/h1-8H,9H2,(H,20,21)/b19-8-. The first-order valence-corrected chi connectivity index (χ1v) is 7.37. The molecule has 0 aliphatic heterocycles. The van der Waals surface area contributed by atoms with Crippen molar-refractivity contribution in [2.24, 2.45) is 5.10 Å². The number of para-hydroxylation sites is 1. The first kappa shape index (κ1) is 16.5. The largest absolute Gasteiger partial charge is 0.482 e. The molecule has 0 saturated carbocycles. The van der Waals surface area contributed by atoms with Crippen molar-refractivity contribution in [1.29, 1.82) is 0 Å². The Bertz CT molecular complexity index is 710. The van der Waals surface area contributed by atoms with Gasteiger partial charge in [-0.2, -0.15) is 5.10 Å². The number of benzene rings is 2. The molecule has 0 unspecified atom stereocenters. The van der Waals surface area contributed by atoms with Crippen molar-refractivity contribution in [3.63, 3.8) is 0 Å². The van der Waals surface area contributed by atoms with Gasteiger partial charge in [-0.05, 0) is 45.8 Å². The topological polar surface area (TPSA) is 50.7 Å². The number of hydrogen-bond acceptors (Lipinski definition) is 3. The van der Waals surface area contributed by atoms with Crippen LogP contribution < -0.4 is 10.2 Å². The van der Waals surface area contributed by atoms with Gasteiger partial charge in [0.15, 0.2) is 6.61 Å². The molecule has 2 rings (SSSR count). The molecule has 0 atom stereocenters. The molecular formula is C15H11BrClFN2O2. The van der Waals surface area contributed by atoms with Gasteiger partial charge in [-0.1, -0.05) is 29.8 Å². The fourth-order valence-corrected chi connectivity index (χ4v) is 2.10. The van der Waals surface area contributed by atoms with Gasteiger partial charge in [-0.15, -0.1) is 0 Å². The van der Waals surface area contributed by atoms with Crippen LogP contribution in [0.3, 0.4) is 0 Å². The first-order valence-electron chi connectivity index (χ1n) is 6.20. The van der Waals surface area contributed by atoms with Crippen molar-refractivity contribution >= 4 is 39.7 Å². The van der Waals surface area contributed by atoms with Crippen LogP contribution in [-0.2, 0) is 4.79 Å². The average molecular weight is 386 g/mol. The SMILES string of the molecule is O=C(COc1ccccc1Cl)N/N=C\c1ccc(F)c(Br)c1. The minimum atomic E-state index is -0.433. The summed E-state index contributed by atoms with van der Waals surface area (Å²) in [6.45, 7) is -0.214. The summed E-state index contributed by atoms with van der Waals surface area (Å²) in [6, 6.07) is 11.2. The molecule has 0 aromatic heterocycles. The van der Waals surface area contributed by atoms with Crippen LogP contribution in [0.2, 0.25) is 5.02 Å². The van der Waals surface area contributed by atoms with Gasteiger partial charge in [-0.3, -0.25) is 4.79 Å². The number of nitrogens with zero attached hydrogens (tertiary/aromatic N) is 1. The number of hydrogen-bond donors (Lipinski definition) is 1. The van der Waals surface area contributed by atoms with E-state index in [0.717, 1.165) is 0 Å². The van der Waals surface area contributed by atoms with Gasteiger partial charge in [0.05, 0.1) is 15.7 Å². The second-order valence-corrected chi connectivity index (χ2v) is 5.45. The summed E-state index contributed by atoms with van der Waals surface area (Å²) in [5, 5.41) is 4.19. The van der Waals surface area contributed by atoms with Gasteiger partial charge in [0.2, 0.25) is 0 Å². The zero-order valence-electron chi connectivity index (χ0n) is 11.2. The molecule has 0 saturated heterocycles. The van der Waals surface area contributed by atoms with E-state index in [1.807, 2.05) is 0 Å². The average Bonchev–Trinajstić information content (AvgIpc) is 2.50. The Kier molecular flexibility index (Phi) is 5.91. The van der Waals surface area contributed by atoms with Crippen molar-refractivity contribution < 1.29 is 13.9 Å². The molecule has 0 heterocycles. The predicted molar refractivity (Wildman–Crippen MR) is 86.8 cm³/mol. The Balaban J connectivity index is 1.83. The van der Waals surface area contributed by atoms with Crippen molar-refractivity contribution in [2.45, 2.75) is 0 Å². The Morgan fingerprint density at radius 2 is 2.14 bits per heavy atom. The minimum absolute atomic E-state index is 0.214. The smallest absolute Gasteiger partial charge is 0.277 e. The van der Waals surface area contributed by atoms with Crippen LogP contribution in [-0.4, -0.2) is 18.7 Å². The fraction of sp³-hybridized carbons (Fsp3) is 0.0667. The molecular weight excluding hydrogens is 375 g/mol. The Hall–Kier alpha value is -1.92. The van der Waals surface area contributed by atoms with E-state index < -0.39 is 5.91 Å². The van der Waals surface area contributed by atoms with Crippen molar-refractivity contribution in [2.75, 3.05) is 6.61 Å². The number of ether oxygens (including phenoxy) is 1. The third-order valence-corrected chi connectivity index (χ3v) is 3.46. The molecule has 2 aromatic rings. The normalized spacial score (nSPS) is 10.7. The third kappa shape index (κ3) is 4.82. The van der Waals surface area contributed by atoms with Crippen molar-refractivity contribution in [1.82, 2.24) is 5.43 Å². The summed E-state index contributed by atoms with van der Waals surface area (Å²) in [7, 11) is 0. The van der Waals surface area contributed by atoms with Crippen LogP contribution in [0.5, 0.6) is 5.75 Å². The molecule has 2 aromatic carbocycles. The van der Waals surface area contributed by atoms with Crippen LogP contribution in [0.4, 0.5) is 4.39 Å². The highest BCUT2D eigenvalue weighted by Crippen LogP contribution is 2.22. The van der Waals surface area contributed by atoms with Crippen molar-refractivity contribution in [3.05, 3.63) is 63.3 Å². The number of halogens is 3. The molecule has 7 heteroatoms. The summed E-state index contributed by atoms with van der Waals surface area (Å²) < 4.78 is 18.6. The van der Waals surface area contributed by atoms with E-state index in [9.17, 15) is 9.18 Å². The Labute approximate surface area is 140 Å². The third-order valence-electron chi connectivity index (χ3n) is 2.54. The molecule has 1 N–H and O–H groups in total. The maximum absolute atomic E-state index is 13.1. The maximum Gasteiger partial charge on any atom is 0.277 e. The van der Waals surface area contributed by atoms with E-state index in [2.05, 4.69) is 26.5 Å². The monoisotopic (exact) mass is 384 g/mol. The summed E-state index contributed by atoms with van der Waals surface area (Å²) in [6.07, 6.45) is 1.40. The molecule has 0 radical (unpaired) electrons. The second-order valence-electron chi connectivity index (χ2n) is 4.19. The second kappa shape index (κ2) is 7.91. The molecule has 1 amide bonds. The lowest BCUT2D eigenvalue weighted by Crippen LogP contribution is -2.24. The number of nitrogens with one attached hydrogen (secondary N) is 1. The first-order chi connectivity index (χ1) is 10.6. The van der Waals surface area contributed by atoms with Crippen LogP contribution in [0, 0.1) is 5.82 Å². The van der Waals surface area contributed by atoms with Gasteiger partial charge in [0.1, 0.15) is 11.6 Å². The molecule has 114 valence electrons. The van der Waals surface area contributed by atoms with Crippen molar-refractivity contribution in [3.8, 4) is 5.75 Å². The molecule has 0 fully saturated rings. The Morgan fingerprint density at radius 3 is 2.86 bits per heavy atom. The number of carbonyl (C=O) groups is 1. The number of rotatable bonds is 5. The number of carbonyl (C=O) groups excluding carboxylic acids is 1. The van der Waals surface area contributed by atoms with Crippen LogP contribution in [0.1, 0.15) is 5.56 Å². The summed E-state index contributed by atoms with van der Waals surface area (Å²) in [4.78, 5) is 11.6. The fourth-order valence-electron chi connectivity index (χ4n) is 1.51. The van der Waals surface area contributed by atoms with Crippen LogP contribution in [0.15, 0.2) is 52.0 Å². The summed E-state index contributed by atoms with van der Waals surface area (Å²) in [5.41, 5.74) is 2.95. The zero-order valence-corrected chi connectivity index (χ0v) is 13.6. The van der Waals surface area contributed by atoms with E-state index >= 15 is 0 Å². The highest BCUT2D eigenvalue weighted by Gasteiger charge is 2.04. The van der Waals surface area contributed by atoms with Crippen LogP contribution in [0.25, 0.3) is 0 Å². The van der Waals surface area contributed by atoms with Gasteiger partial charge in [0.25, 0.3) is 5.91 Å². The predicted octanol–water partition coefficient (Wildman–Crippen LogP) is 3.77. The molecule has 4 nitrogen and oxygen atoms in total. The molecule has 0 spiro atoms. The lowest BCUT2D eigenvalue weighted by Gasteiger charge is -2.06. The number of hydrazone groups is 1. The summed E-state index contributed by atoms with van der Waals surface area (Å²) in [5.74, 6) is -0.377. The van der Waals surface area contributed by atoms with Crippen LogP contribution >= 0.6 is 27.5 Å². The highest BCUT2D eigenvalue weighted by molar-refractivity contribution is 9.10. The molecule has 22 heavy (non-hydrogen) atoms. The van der Waals surface area contributed by atoms with Gasteiger partial charge in [0, 0.05) is 0 Å². The van der Waals surface area contributed by atoms with E-state index in [-0.39, 0.29) is 12.4 Å². The Morgan fingerprint density at radius 1 is 1.36 bits per heavy atom. The molecule has 0 aliphatic rings. The lowest BCUT2D eigenvalue weighted by atomic mass is 10.2. The van der Waals surface area contributed by atoms with Gasteiger partial charge < -0.3 is 4.74 Å². The lowest BCUT2D eigenvalue weighted by molar-refractivity contribution is -0.123. The molecule has 0 aliphatic carbocycles. The van der Waals surface area contributed by atoms with Gasteiger partial charge in [-0.25, -0.2) is 9.82 Å². The van der Waals surface area contributed by atoms with E-state index in [1.165, 1.54) is 18.3 Å². The molecule has 0 bridgehead atoms. The maximum atomic E-state index is 13.1.